The Kier molecular flexibility index (Phi) is 9.72. The molecule has 0 fully saturated rings. The molecular weight excluding hydrogens is 296 g/mol. The molecule has 0 saturated heterocycles. The highest BCUT2D eigenvalue weighted by Crippen LogP contribution is 1.98. The number of carbonyl (C=O) groups is 4. The average Bonchev–Trinajstić information content (AvgIpc) is 2.37. The third kappa shape index (κ3) is 11.8. The fourth-order valence-corrected chi connectivity index (χ4v) is 1.77. The van der Waals surface area contributed by atoms with Crippen LogP contribution in [0.1, 0.15) is 19.8 Å². The molecule has 0 aliphatic carbocycles. The van der Waals surface area contributed by atoms with E-state index in [0.717, 1.165) is 0 Å². The first-order chi connectivity index (χ1) is 10.2. The van der Waals surface area contributed by atoms with Gasteiger partial charge in [0.15, 0.2) is 0 Å². The Hall–Kier alpha value is -2.00. The van der Waals surface area contributed by atoms with E-state index in [1.807, 2.05) is 0 Å². The van der Waals surface area contributed by atoms with Crippen molar-refractivity contribution >= 4 is 23.7 Å². The molecule has 0 spiro atoms. The Labute approximate surface area is 128 Å². The lowest BCUT2D eigenvalue weighted by atomic mass is 10.3. The van der Waals surface area contributed by atoms with Gasteiger partial charge in [0.05, 0.1) is 19.5 Å². The van der Waals surface area contributed by atoms with Gasteiger partial charge in [-0.15, -0.1) is 0 Å². The normalized spacial score (nSPS) is 10.9. The van der Waals surface area contributed by atoms with E-state index in [-0.39, 0.29) is 57.9 Å². The quantitative estimate of drug-likeness (QED) is 0.399. The van der Waals surface area contributed by atoms with Gasteiger partial charge >= 0.3 is 17.9 Å². The molecule has 0 radical (unpaired) electrons. The molecule has 0 aliphatic heterocycles. The number of ketones is 1. The van der Waals surface area contributed by atoms with Crippen molar-refractivity contribution in [2.24, 2.45) is 0 Å². The van der Waals surface area contributed by atoms with E-state index in [1.54, 1.807) is 0 Å². The SMILES string of the molecule is CC(=O)CCN(CCN(CCC(=O)O)CC(=O)O)CC(=O)O. The summed E-state index contributed by atoms with van der Waals surface area (Å²) in [7, 11) is 0. The number of hydrogen-bond donors (Lipinski definition) is 3. The first kappa shape index (κ1) is 20.0. The molecule has 0 saturated carbocycles. The van der Waals surface area contributed by atoms with E-state index >= 15 is 0 Å². The van der Waals surface area contributed by atoms with Gasteiger partial charge in [-0.1, -0.05) is 0 Å². The Morgan fingerprint density at radius 1 is 0.682 bits per heavy atom. The summed E-state index contributed by atoms with van der Waals surface area (Å²) in [6, 6.07) is 0. The van der Waals surface area contributed by atoms with Crippen LogP contribution in [-0.2, 0) is 19.2 Å². The lowest BCUT2D eigenvalue weighted by molar-refractivity contribution is -0.141. The lowest BCUT2D eigenvalue weighted by Crippen LogP contribution is -2.41. The van der Waals surface area contributed by atoms with Crippen LogP contribution in [0.5, 0.6) is 0 Å². The Bertz CT molecular complexity index is 373. The van der Waals surface area contributed by atoms with Crippen LogP contribution in [0.4, 0.5) is 0 Å². The van der Waals surface area contributed by atoms with Gasteiger partial charge in [-0.25, -0.2) is 0 Å². The minimum atomic E-state index is -1.08. The maximum Gasteiger partial charge on any atom is 0.317 e. The van der Waals surface area contributed by atoms with E-state index in [1.165, 1.54) is 16.7 Å². The van der Waals surface area contributed by atoms with Crippen molar-refractivity contribution in [1.29, 1.82) is 0 Å². The number of hydrogen-bond acceptors (Lipinski definition) is 6. The van der Waals surface area contributed by atoms with Gasteiger partial charge in [-0.3, -0.25) is 29.0 Å². The molecular formula is C13H22N2O7. The van der Waals surface area contributed by atoms with Crippen LogP contribution in [-0.4, -0.2) is 88.1 Å². The van der Waals surface area contributed by atoms with Crippen LogP contribution in [0.2, 0.25) is 0 Å². The Balaban J connectivity index is 4.49. The maximum absolute atomic E-state index is 11.0. The summed E-state index contributed by atoms with van der Waals surface area (Å²) in [5, 5.41) is 26.3. The largest absolute Gasteiger partial charge is 0.481 e. The molecule has 0 heterocycles. The third-order valence-electron chi connectivity index (χ3n) is 2.87. The van der Waals surface area contributed by atoms with Crippen molar-refractivity contribution < 1.29 is 34.5 Å². The summed E-state index contributed by atoms with van der Waals surface area (Å²) >= 11 is 0. The van der Waals surface area contributed by atoms with Crippen LogP contribution in [0, 0.1) is 0 Å². The van der Waals surface area contributed by atoms with E-state index in [4.69, 9.17) is 15.3 Å². The molecule has 9 nitrogen and oxygen atoms in total. The maximum atomic E-state index is 11.0. The van der Waals surface area contributed by atoms with Gasteiger partial charge < -0.3 is 15.3 Å². The standard InChI is InChI=1S/C13H22N2O7/c1-10(16)2-4-14(8-12(19)20)6-7-15(9-13(21)22)5-3-11(17)18/h2-9H2,1H3,(H,17,18)(H,19,20)(H,21,22). The van der Waals surface area contributed by atoms with Crippen LogP contribution < -0.4 is 0 Å². The lowest BCUT2D eigenvalue weighted by Gasteiger charge is -2.25. The van der Waals surface area contributed by atoms with Crippen LogP contribution in [0.3, 0.4) is 0 Å². The highest BCUT2D eigenvalue weighted by Gasteiger charge is 2.15. The molecule has 0 atom stereocenters. The molecule has 126 valence electrons. The van der Waals surface area contributed by atoms with Crippen molar-refractivity contribution in [1.82, 2.24) is 9.80 Å². The molecule has 0 aromatic carbocycles. The van der Waals surface area contributed by atoms with Gasteiger partial charge in [0.1, 0.15) is 5.78 Å². The third-order valence-corrected chi connectivity index (χ3v) is 2.87. The van der Waals surface area contributed by atoms with Crippen LogP contribution in [0.25, 0.3) is 0 Å². The highest BCUT2D eigenvalue weighted by molar-refractivity contribution is 5.75. The molecule has 0 aromatic heterocycles. The van der Waals surface area contributed by atoms with Crippen molar-refractivity contribution in [3.8, 4) is 0 Å². The van der Waals surface area contributed by atoms with Gasteiger partial charge in [0.2, 0.25) is 0 Å². The summed E-state index contributed by atoms with van der Waals surface area (Å²) in [4.78, 5) is 46.0. The summed E-state index contributed by atoms with van der Waals surface area (Å²) in [5.74, 6) is -3.23. The van der Waals surface area contributed by atoms with E-state index in [0.29, 0.717) is 0 Å². The van der Waals surface area contributed by atoms with E-state index in [2.05, 4.69) is 0 Å². The number of Topliss-reactive ketones (excluding diaryl/α,β-unsaturated/α-hetero) is 1. The van der Waals surface area contributed by atoms with Gasteiger partial charge in [0, 0.05) is 32.6 Å². The zero-order valence-electron chi connectivity index (χ0n) is 12.5. The number of aliphatic carboxylic acids is 3. The topological polar surface area (TPSA) is 135 Å². The molecule has 0 aromatic rings. The predicted molar refractivity (Wildman–Crippen MR) is 75.7 cm³/mol. The number of rotatable bonds is 13. The number of carbonyl (C=O) groups excluding carboxylic acids is 1. The molecule has 3 N–H and O–H groups in total. The zero-order valence-corrected chi connectivity index (χ0v) is 12.5. The van der Waals surface area contributed by atoms with Crippen LogP contribution in [0.15, 0.2) is 0 Å². The van der Waals surface area contributed by atoms with Gasteiger partial charge in [-0.05, 0) is 6.92 Å². The molecule has 22 heavy (non-hydrogen) atoms. The van der Waals surface area contributed by atoms with E-state index < -0.39 is 17.9 Å². The molecule has 0 amide bonds. The highest BCUT2D eigenvalue weighted by atomic mass is 16.4. The average molecular weight is 318 g/mol. The zero-order chi connectivity index (χ0) is 17.1. The number of nitrogens with zero attached hydrogens (tertiary/aromatic N) is 2. The Morgan fingerprint density at radius 3 is 1.41 bits per heavy atom. The molecule has 0 unspecified atom stereocenters. The van der Waals surface area contributed by atoms with Crippen molar-refractivity contribution in [3.05, 3.63) is 0 Å². The molecule has 0 aliphatic rings. The van der Waals surface area contributed by atoms with Crippen molar-refractivity contribution in [2.75, 3.05) is 39.3 Å². The minimum absolute atomic E-state index is 0.0647. The van der Waals surface area contributed by atoms with Crippen LogP contribution >= 0.6 is 0 Å². The number of carboxylic acids is 3. The van der Waals surface area contributed by atoms with Crippen molar-refractivity contribution in [2.45, 2.75) is 19.8 Å². The summed E-state index contributed by atoms with van der Waals surface area (Å²) < 4.78 is 0. The van der Waals surface area contributed by atoms with Gasteiger partial charge in [-0.2, -0.15) is 0 Å². The summed E-state index contributed by atoms with van der Waals surface area (Å²) in [6.45, 7) is 1.62. The molecule has 0 rings (SSSR count). The summed E-state index contributed by atoms with van der Waals surface area (Å²) in [5.41, 5.74) is 0. The monoisotopic (exact) mass is 318 g/mol. The minimum Gasteiger partial charge on any atom is -0.481 e. The first-order valence-corrected chi connectivity index (χ1v) is 6.80. The van der Waals surface area contributed by atoms with Crippen molar-refractivity contribution in [3.63, 3.8) is 0 Å². The fraction of sp³-hybridized carbons (Fsp3) is 0.692. The predicted octanol–water partition coefficient (Wildman–Crippen LogP) is -0.787. The molecule has 0 bridgehead atoms. The van der Waals surface area contributed by atoms with Gasteiger partial charge in [0.25, 0.3) is 0 Å². The summed E-state index contributed by atoms with van der Waals surface area (Å²) in [6.07, 6.45) is 0.0149. The smallest absolute Gasteiger partial charge is 0.317 e. The second kappa shape index (κ2) is 10.7. The second-order valence-corrected chi connectivity index (χ2v) is 4.94. The first-order valence-electron chi connectivity index (χ1n) is 6.80. The fourth-order valence-electron chi connectivity index (χ4n) is 1.77. The molecule has 9 heteroatoms. The number of carboxylic acid groups (broad SMARTS) is 3. The second-order valence-electron chi connectivity index (χ2n) is 4.94. The Morgan fingerprint density at radius 2 is 1.09 bits per heavy atom. The van der Waals surface area contributed by atoms with E-state index in [9.17, 15) is 19.2 Å².